The van der Waals surface area contributed by atoms with Gasteiger partial charge in [-0.15, -0.1) is 0 Å². The van der Waals surface area contributed by atoms with E-state index in [0.29, 0.717) is 47.9 Å². The molecule has 0 spiro atoms. The zero-order valence-electron chi connectivity index (χ0n) is 20.6. The summed E-state index contributed by atoms with van der Waals surface area (Å²) in [5.74, 6) is 0.912. The first-order valence-electron chi connectivity index (χ1n) is 11.9. The van der Waals surface area contributed by atoms with Gasteiger partial charge >= 0.3 is 0 Å². The minimum atomic E-state index is -0.276. The lowest BCUT2D eigenvalue weighted by atomic mass is 10.0. The Hall–Kier alpha value is -3.94. The van der Waals surface area contributed by atoms with Crippen molar-refractivity contribution in [1.29, 1.82) is 5.41 Å². The molecule has 0 atom stereocenters. The van der Waals surface area contributed by atoms with E-state index < -0.39 is 0 Å². The van der Waals surface area contributed by atoms with Gasteiger partial charge < -0.3 is 16.8 Å². The van der Waals surface area contributed by atoms with Crippen LogP contribution in [0.5, 0.6) is 0 Å². The number of aromatic nitrogens is 2. The van der Waals surface area contributed by atoms with Crippen LogP contribution in [0.3, 0.4) is 0 Å². The maximum absolute atomic E-state index is 13.5. The Morgan fingerprint density at radius 2 is 1.89 bits per heavy atom. The Balaban J connectivity index is 1.92. The van der Waals surface area contributed by atoms with Crippen molar-refractivity contribution in [2.24, 2.45) is 11.7 Å². The van der Waals surface area contributed by atoms with Gasteiger partial charge in [0.25, 0.3) is 5.56 Å². The number of nitrogens with two attached hydrogens (primary N) is 2. The van der Waals surface area contributed by atoms with E-state index in [-0.39, 0.29) is 23.7 Å². The molecule has 1 amide bonds. The summed E-state index contributed by atoms with van der Waals surface area (Å²) in [5.41, 5.74) is 14.9. The fourth-order valence-corrected chi connectivity index (χ4v) is 3.88. The van der Waals surface area contributed by atoms with Crippen LogP contribution in [0.25, 0.3) is 11.3 Å². The molecular formula is C27H34N6O2. The van der Waals surface area contributed by atoms with Crippen LogP contribution in [-0.2, 0) is 30.7 Å². The van der Waals surface area contributed by atoms with Crippen molar-refractivity contribution in [3.8, 4) is 11.3 Å². The van der Waals surface area contributed by atoms with Gasteiger partial charge in [0, 0.05) is 36.3 Å². The predicted octanol–water partition coefficient (Wildman–Crippen LogP) is 3.24. The minimum Gasteiger partial charge on any atom is -0.399 e. The van der Waals surface area contributed by atoms with Crippen molar-refractivity contribution >= 4 is 17.4 Å². The number of rotatable bonds is 10. The van der Waals surface area contributed by atoms with Crippen LogP contribution in [0.4, 0.5) is 5.69 Å². The number of aryl methyl sites for hydroxylation is 1. The molecule has 184 valence electrons. The van der Waals surface area contributed by atoms with Crippen molar-refractivity contribution in [1.82, 2.24) is 14.9 Å². The number of carbonyl (C=O) groups is 1. The standard InChI is InChI=1S/C27H34N6O2/c1-4-33-23(13-8-17(2)3)32-25(20-6-5-7-21(28)14-20)22(27(33)35)15-24(34)31-16-18-9-11-19(12-10-18)26(29)30/h5-7,9-12,14,17H,4,8,13,15-16,28H2,1-3H3,(H3,29,30)(H,31,34). The molecule has 8 nitrogen and oxygen atoms in total. The largest absolute Gasteiger partial charge is 0.399 e. The molecule has 0 saturated carbocycles. The first kappa shape index (κ1) is 25.7. The van der Waals surface area contributed by atoms with Gasteiger partial charge in [0.15, 0.2) is 0 Å². The Labute approximate surface area is 205 Å². The molecule has 0 aliphatic heterocycles. The summed E-state index contributed by atoms with van der Waals surface area (Å²) in [6.45, 7) is 6.97. The molecule has 8 heteroatoms. The van der Waals surface area contributed by atoms with E-state index in [1.54, 1.807) is 28.8 Å². The van der Waals surface area contributed by atoms with Gasteiger partial charge in [-0.1, -0.05) is 50.2 Å². The lowest BCUT2D eigenvalue weighted by molar-refractivity contribution is -0.120. The Morgan fingerprint density at radius 3 is 2.49 bits per heavy atom. The lowest BCUT2D eigenvalue weighted by Crippen LogP contribution is -2.33. The van der Waals surface area contributed by atoms with Crippen molar-refractivity contribution in [3.63, 3.8) is 0 Å². The van der Waals surface area contributed by atoms with Gasteiger partial charge in [0.1, 0.15) is 11.7 Å². The summed E-state index contributed by atoms with van der Waals surface area (Å²) >= 11 is 0. The van der Waals surface area contributed by atoms with E-state index in [2.05, 4.69) is 19.2 Å². The zero-order chi connectivity index (χ0) is 25.5. The van der Waals surface area contributed by atoms with Crippen LogP contribution >= 0.6 is 0 Å². The van der Waals surface area contributed by atoms with Gasteiger partial charge in [-0.25, -0.2) is 4.98 Å². The van der Waals surface area contributed by atoms with Crippen molar-refractivity contribution in [2.45, 2.75) is 53.1 Å². The Bertz CT molecular complexity index is 1260. The van der Waals surface area contributed by atoms with Gasteiger partial charge in [-0.3, -0.25) is 19.6 Å². The van der Waals surface area contributed by atoms with E-state index in [1.165, 1.54) is 0 Å². The average molecular weight is 475 g/mol. The molecular weight excluding hydrogens is 440 g/mol. The highest BCUT2D eigenvalue weighted by Gasteiger charge is 2.20. The van der Waals surface area contributed by atoms with E-state index >= 15 is 0 Å². The van der Waals surface area contributed by atoms with Crippen molar-refractivity contribution < 1.29 is 4.79 Å². The second-order valence-corrected chi connectivity index (χ2v) is 9.03. The third-order valence-corrected chi connectivity index (χ3v) is 5.86. The number of amides is 1. The number of nitrogen functional groups attached to an aromatic ring is 2. The molecule has 0 aliphatic rings. The number of carbonyl (C=O) groups excluding carboxylic acids is 1. The van der Waals surface area contributed by atoms with Crippen LogP contribution in [0.2, 0.25) is 0 Å². The summed E-state index contributed by atoms with van der Waals surface area (Å²) in [6.07, 6.45) is 1.50. The van der Waals surface area contributed by atoms with Gasteiger partial charge in [-0.2, -0.15) is 0 Å². The monoisotopic (exact) mass is 474 g/mol. The molecule has 2 aromatic carbocycles. The second-order valence-electron chi connectivity index (χ2n) is 9.03. The number of hydrogen-bond acceptors (Lipinski definition) is 5. The number of anilines is 1. The molecule has 3 aromatic rings. The second kappa shape index (κ2) is 11.5. The lowest BCUT2D eigenvalue weighted by Gasteiger charge is -2.17. The molecule has 3 rings (SSSR count). The van der Waals surface area contributed by atoms with Gasteiger partial charge in [0.05, 0.1) is 17.7 Å². The van der Waals surface area contributed by atoms with E-state index in [4.69, 9.17) is 21.9 Å². The number of benzene rings is 2. The van der Waals surface area contributed by atoms with Crippen LogP contribution in [-0.4, -0.2) is 21.3 Å². The topological polar surface area (TPSA) is 140 Å². The number of nitrogens with zero attached hydrogens (tertiary/aromatic N) is 2. The highest BCUT2D eigenvalue weighted by atomic mass is 16.2. The molecule has 6 N–H and O–H groups in total. The zero-order valence-corrected chi connectivity index (χ0v) is 20.6. The molecule has 1 heterocycles. The molecule has 0 fully saturated rings. The molecule has 0 bridgehead atoms. The maximum atomic E-state index is 13.5. The van der Waals surface area contributed by atoms with Crippen molar-refractivity contribution in [3.05, 3.63) is 81.4 Å². The minimum absolute atomic E-state index is 0.00814. The quantitative estimate of drug-likeness (QED) is 0.203. The SMILES string of the molecule is CCn1c(CCC(C)C)nc(-c2cccc(N)c2)c(CC(=O)NCc2ccc(C(=N)N)cc2)c1=O. The Kier molecular flexibility index (Phi) is 8.41. The number of amidine groups is 1. The van der Waals surface area contributed by atoms with Crippen molar-refractivity contribution in [2.75, 3.05) is 5.73 Å². The molecule has 0 aliphatic carbocycles. The number of hydrogen-bond donors (Lipinski definition) is 4. The van der Waals surface area contributed by atoms with Crippen LogP contribution in [0.1, 0.15) is 49.7 Å². The highest BCUT2D eigenvalue weighted by Crippen LogP contribution is 2.23. The van der Waals surface area contributed by atoms with Crippen LogP contribution < -0.4 is 22.3 Å². The first-order chi connectivity index (χ1) is 16.7. The summed E-state index contributed by atoms with van der Waals surface area (Å²) in [5, 5.41) is 10.4. The van der Waals surface area contributed by atoms with Gasteiger partial charge in [-0.05, 0) is 37.0 Å². The highest BCUT2D eigenvalue weighted by molar-refractivity contribution is 5.94. The third kappa shape index (κ3) is 6.56. The Morgan fingerprint density at radius 1 is 1.17 bits per heavy atom. The fraction of sp³-hybridized carbons (Fsp3) is 0.333. The van der Waals surface area contributed by atoms with E-state index in [0.717, 1.165) is 23.4 Å². The summed E-state index contributed by atoms with van der Waals surface area (Å²) in [4.78, 5) is 31.3. The molecule has 35 heavy (non-hydrogen) atoms. The smallest absolute Gasteiger partial charge is 0.257 e. The molecule has 1 aromatic heterocycles. The normalized spacial score (nSPS) is 11.0. The summed E-state index contributed by atoms with van der Waals surface area (Å²) < 4.78 is 1.67. The predicted molar refractivity (Wildman–Crippen MR) is 140 cm³/mol. The summed E-state index contributed by atoms with van der Waals surface area (Å²) in [7, 11) is 0. The van der Waals surface area contributed by atoms with Crippen LogP contribution in [0, 0.1) is 11.3 Å². The molecule has 0 unspecified atom stereocenters. The average Bonchev–Trinajstić information content (AvgIpc) is 2.83. The van der Waals surface area contributed by atoms with Crippen LogP contribution in [0.15, 0.2) is 53.3 Å². The third-order valence-electron chi connectivity index (χ3n) is 5.86. The van der Waals surface area contributed by atoms with E-state index in [1.807, 2.05) is 31.2 Å². The van der Waals surface area contributed by atoms with Gasteiger partial charge in [0.2, 0.25) is 5.91 Å². The molecule has 0 saturated heterocycles. The molecule has 0 radical (unpaired) electrons. The van der Waals surface area contributed by atoms with E-state index in [9.17, 15) is 9.59 Å². The first-order valence-corrected chi connectivity index (χ1v) is 11.9. The summed E-state index contributed by atoms with van der Waals surface area (Å²) in [6, 6.07) is 14.3. The maximum Gasteiger partial charge on any atom is 0.257 e. The fourth-order valence-electron chi connectivity index (χ4n) is 3.88. The number of nitrogens with one attached hydrogen (secondary N) is 2.